The number of benzene rings is 3. The zero-order valence-corrected chi connectivity index (χ0v) is 20.2. The molecule has 0 spiro atoms. The Kier molecular flexibility index (Phi) is 8.96. The topological polar surface area (TPSA) is 73.9 Å². The lowest BCUT2D eigenvalue weighted by Gasteiger charge is -2.13. The second-order valence-electron chi connectivity index (χ2n) is 7.02. The van der Waals surface area contributed by atoms with Gasteiger partial charge in [0.15, 0.2) is 11.5 Å². The summed E-state index contributed by atoms with van der Waals surface area (Å²) in [6.07, 6.45) is 3.05. The number of halogens is 2. The SMILES string of the molecule is CCOC(=O)c1ccc(NC(=O)/C=C/c2ccc(OCc3c(Cl)cccc3Cl)c(OC)c2)cc1. The van der Waals surface area contributed by atoms with E-state index in [9.17, 15) is 9.59 Å². The number of rotatable bonds is 9. The summed E-state index contributed by atoms with van der Waals surface area (Å²) >= 11 is 12.4. The van der Waals surface area contributed by atoms with E-state index in [0.717, 1.165) is 5.56 Å². The van der Waals surface area contributed by atoms with Gasteiger partial charge < -0.3 is 19.5 Å². The van der Waals surface area contributed by atoms with Crippen LogP contribution in [0, 0.1) is 0 Å². The average Bonchev–Trinajstić information content (AvgIpc) is 2.83. The number of nitrogens with one attached hydrogen (secondary N) is 1. The molecule has 0 aliphatic rings. The summed E-state index contributed by atoms with van der Waals surface area (Å²) in [5, 5.41) is 3.78. The first kappa shape index (κ1) is 25.1. The minimum absolute atomic E-state index is 0.182. The van der Waals surface area contributed by atoms with E-state index < -0.39 is 5.97 Å². The molecule has 8 heteroatoms. The van der Waals surface area contributed by atoms with Crippen LogP contribution in [0.25, 0.3) is 6.08 Å². The highest BCUT2D eigenvalue weighted by Gasteiger charge is 2.10. The first-order valence-electron chi connectivity index (χ1n) is 10.4. The fourth-order valence-electron chi connectivity index (χ4n) is 2.99. The fourth-order valence-corrected chi connectivity index (χ4v) is 3.49. The molecule has 1 amide bonds. The van der Waals surface area contributed by atoms with Gasteiger partial charge in [-0.25, -0.2) is 4.79 Å². The smallest absolute Gasteiger partial charge is 0.338 e. The van der Waals surface area contributed by atoms with Crippen LogP contribution >= 0.6 is 23.2 Å². The number of ether oxygens (including phenoxy) is 3. The Bertz CT molecular complexity index is 1170. The van der Waals surface area contributed by atoms with Crippen LogP contribution in [0.15, 0.2) is 66.7 Å². The molecule has 176 valence electrons. The minimum atomic E-state index is -0.406. The van der Waals surface area contributed by atoms with E-state index in [1.807, 2.05) is 0 Å². The molecular weight excluding hydrogens is 477 g/mol. The predicted molar refractivity (Wildman–Crippen MR) is 134 cm³/mol. The molecule has 0 aliphatic heterocycles. The standard InChI is InChI=1S/C26H23Cl2NO5/c1-3-33-26(31)18-9-11-19(12-10-18)29-25(30)14-8-17-7-13-23(24(15-17)32-2)34-16-20-21(27)5-4-6-22(20)28/h4-15H,3,16H2,1-2H3,(H,29,30)/b14-8+. The van der Waals surface area contributed by atoms with E-state index in [1.165, 1.54) is 13.2 Å². The van der Waals surface area contributed by atoms with Crippen molar-refractivity contribution in [1.29, 1.82) is 0 Å². The van der Waals surface area contributed by atoms with Crippen molar-refractivity contribution in [2.75, 3.05) is 19.0 Å². The summed E-state index contributed by atoms with van der Waals surface area (Å²) in [6.45, 7) is 2.23. The Morgan fingerprint density at radius 3 is 2.32 bits per heavy atom. The van der Waals surface area contributed by atoms with Gasteiger partial charge in [-0.1, -0.05) is 35.3 Å². The van der Waals surface area contributed by atoms with E-state index in [0.29, 0.717) is 45.0 Å². The third-order valence-corrected chi connectivity index (χ3v) is 5.42. The second-order valence-corrected chi connectivity index (χ2v) is 7.83. The highest BCUT2D eigenvalue weighted by atomic mass is 35.5. The minimum Gasteiger partial charge on any atom is -0.493 e. The molecule has 0 radical (unpaired) electrons. The van der Waals surface area contributed by atoms with E-state index in [1.54, 1.807) is 73.7 Å². The molecule has 3 aromatic carbocycles. The van der Waals surface area contributed by atoms with Crippen LogP contribution in [0.5, 0.6) is 11.5 Å². The molecule has 0 heterocycles. The number of carbonyl (C=O) groups excluding carboxylic acids is 2. The van der Waals surface area contributed by atoms with E-state index >= 15 is 0 Å². The lowest BCUT2D eigenvalue weighted by Crippen LogP contribution is -2.08. The maximum absolute atomic E-state index is 12.3. The lowest BCUT2D eigenvalue weighted by atomic mass is 10.1. The molecule has 6 nitrogen and oxygen atoms in total. The highest BCUT2D eigenvalue weighted by molar-refractivity contribution is 6.35. The zero-order valence-electron chi connectivity index (χ0n) is 18.6. The third kappa shape index (κ3) is 6.76. The van der Waals surface area contributed by atoms with Gasteiger partial charge in [-0.3, -0.25) is 4.79 Å². The maximum Gasteiger partial charge on any atom is 0.338 e. The molecule has 0 fully saturated rings. The van der Waals surface area contributed by atoms with Gasteiger partial charge in [0, 0.05) is 27.4 Å². The Morgan fingerprint density at radius 1 is 0.971 bits per heavy atom. The molecule has 0 saturated carbocycles. The number of methoxy groups -OCH3 is 1. The van der Waals surface area contributed by atoms with Crippen LogP contribution in [0.1, 0.15) is 28.4 Å². The van der Waals surface area contributed by atoms with Crippen molar-refractivity contribution < 1.29 is 23.8 Å². The van der Waals surface area contributed by atoms with Gasteiger partial charge in [0.2, 0.25) is 5.91 Å². The number of hydrogen-bond acceptors (Lipinski definition) is 5. The molecule has 0 aliphatic carbocycles. The van der Waals surface area contributed by atoms with Crippen molar-refractivity contribution in [2.24, 2.45) is 0 Å². The number of esters is 1. The van der Waals surface area contributed by atoms with Crippen molar-refractivity contribution in [3.8, 4) is 11.5 Å². The van der Waals surface area contributed by atoms with Crippen molar-refractivity contribution >= 4 is 46.8 Å². The van der Waals surface area contributed by atoms with Gasteiger partial charge in [0.05, 0.1) is 19.3 Å². The summed E-state index contributed by atoms with van der Waals surface area (Å²) in [4.78, 5) is 24.0. The van der Waals surface area contributed by atoms with Crippen LogP contribution < -0.4 is 14.8 Å². The zero-order chi connectivity index (χ0) is 24.5. The summed E-state index contributed by atoms with van der Waals surface area (Å²) in [5.74, 6) is 0.287. The van der Waals surface area contributed by atoms with Crippen molar-refractivity contribution in [3.05, 3.63) is 93.5 Å². The predicted octanol–water partition coefficient (Wildman–Crippen LogP) is 6.41. The molecule has 34 heavy (non-hydrogen) atoms. The molecule has 0 aromatic heterocycles. The highest BCUT2D eigenvalue weighted by Crippen LogP contribution is 2.31. The number of amides is 1. The molecule has 3 rings (SSSR count). The monoisotopic (exact) mass is 499 g/mol. The quantitative estimate of drug-likeness (QED) is 0.272. The summed E-state index contributed by atoms with van der Waals surface area (Å²) in [5.41, 5.74) is 2.40. The fraction of sp³-hybridized carbons (Fsp3) is 0.154. The van der Waals surface area contributed by atoms with Crippen molar-refractivity contribution in [2.45, 2.75) is 13.5 Å². The molecular formula is C26H23Cl2NO5. The maximum atomic E-state index is 12.3. The van der Waals surface area contributed by atoms with Gasteiger partial charge >= 0.3 is 5.97 Å². The number of anilines is 1. The summed E-state index contributed by atoms with van der Waals surface area (Å²) in [6, 6.07) is 17.0. The van der Waals surface area contributed by atoms with E-state index in [-0.39, 0.29) is 12.5 Å². The number of carbonyl (C=O) groups is 2. The second kappa shape index (κ2) is 12.1. The largest absolute Gasteiger partial charge is 0.493 e. The molecule has 0 unspecified atom stereocenters. The van der Waals surface area contributed by atoms with Crippen molar-refractivity contribution in [1.82, 2.24) is 0 Å². The lowest BCUT2D eigenvalue weighted by molar-refractivity contribution is -0.111. The van der Waals surface area contributed by atoms with Gasteiger partial charge in [-0.05, 0) is 67.1 Å². The molecule has 1 N–H and O–H groups in total. The van der Waals surface area contributed by atoms with Gasteiger partial charge in [0.1, 0.15) is 6.61 Å². The Balaban J connectivity index is 1.62. The van der Waals surface area contributed by atoms with Crippen molar-refractivity contribution in [3.63, 3.8) is 0 Å². The third-order valence-electron chi connectivity index (χ3n) is 4.71. The van der Waals surface area contributed by atoms with Crippen LogP contribution in [0.2, 0.25) is 10.0 Å². The molecule has 3 aromatic rings. The van der Waals surface area contributed by atoms with Crippen LogP contribution in [-0.4, -0.2) is 25.6 Å². The molecule has 0 saturated heterocycles. The summed E-state index contributed by atoms with van der Waals surface area (Å²) < 4.78 is 16.2. The summed E-state index contributed by atoms with van der Waals surface area (Å²) in [7, 11) is 1.53. The average molecular weight is 500 g/mol. The van der Waals surface area contributed by atoms with Gasteiger partial charge in [0.25, 0.3) is 0 Å². The Labute approximate surface area is 208 Å². The first-order valence-corrected chi connectivity index (χ1v) is 11.2. The Hall–Kier alpha value is -3.48. The van der Waals surface area contributed by atoms with Crippen LogP contribution in [0.3, 0.4) is 0 Å². The van der Waals surface area contributed by atoms with Crippen LogP contribution in [0.4, 0.5) is 5.69 Å². The van der Waals surface area contributed by atoms with Crippen LogP contribution in [-0.2, 0) is 16.1 Å². The first-order chi connectivity index (χ1) is 16.4. The van der Waals surface area contributed by atoms with E-state index in [2.05, 4.69) is 5.32 Å². The van der Waals surface area contributed by atoms with Gasteiger partial charge in [-0.15, -0.1) is 0 Å². The molecule has 0 bridgehead atoms. The normalized spacial score (nSPS) is 10.7. The molecule has 0 atom stereocenters. The Morgan fingerprint density at radius 2 is 1.68 bits per heavy atom. The number of hydrogen-bond donors (Lipinski definition) is 1. The van der Waals surface area contributed by atoms with Gasteiger partial charge in [-0.2, -0.15) is 0 Å². The van der Waals surface area contributed by atoms with E-state index in [4.69, 9.17) is 37.4 Å².